The van der Waals surface area contributed by atoms with Gasteiger partial charge in [-0.3, -0.25) is 4.79 Å². The van der Waals surface area contributed by atoms with Gasteiger partial charge in [0.1, 0.15) is 18.0 Å². The maximum Gasteiger partial charge on any atom is 0.222 e. The van der Waals surface area contributed by atoms with Crippen LogP contribution in [0.25, 0.3) is 0 Å². The Bertz CT molecular complexity index is 717. The number of hydrogen-bond acceptors (Lipinski definition) is 4. The Morgan fingerprint density at radius 1 is 1.42 bits per heavy atom. The molecule has 1 aliphatic heterocycles. The van der Waals surface area contributed by atoms with E-state index in [1.807, 2.05) is 42.0 Å². The molecule has 140 valence electrons. The number of carbonyl (C=O) groups excluding carboxylic acids is 1. The number of benzene rings is 1. The number of aryl methyl sites for hydroxylation is 2. The first-order chi connectivity index (χ1) is 12.5. The summed E-state index contributed by atoms with van der Waals surface area (Å²) in [6.45, 7) is 4.03. The van der Waals surface area contributed by atoms with E-state index in [0.717, 1.165) is 30.7 Å². The Morgan fingerprint density at radius 2 is 2.31 bits per heavy atom. The van der Waals surface area contributed by atoms with Gasteiger partial charge in [0.2, 0.25) is 5.91 Å². The summed E-state index contributed by atoms with van der Waals surface area (Å²) in [7, 11) is 0. The minimum Gasteiger partial charge on any atom is -0.491 e. The second kappa shape index (κ2) is 8.36. The molecule has 1 aromatic carbocycles. The standard InChI is InChI=1S/C20H27N3O3/c1-17-5-2-6-18(13-17)26-15-20(25)8-4-11-23(14-20)19(24)7-3-10-22-12-9-21-16-22/h2,5-6,9,12-13,16,25H,3-4,7-8,10-11,14-15H2,1H3/t20-/m1/s1. The third-order valence-corrected chi connectivity index (χ3v) is 4.77. The molecule has 1 amide bonds. The van der Waals surface area contributed by atoms with Gasteiger partial charge in [0.25, 0.3) is 0 Å². The summed E-state index contributed by atoms with van der Waals surface area (Å²) in [6, 6.07) is 7.78. The lowest BCUT2D eigenvalue weighted by Crippen LogP contribution is -2.53. The molecule has 2 aromatic rings. The van der Waals surface area contributed by atoms with Crippen molar-refractivity contribution < 1.29 is 14.6 Å². The molecular formula is C20H27N3O3. The number of likely N-dealkylation sites (tertiary alicyclic amines) is 1. The number of imidazole rings is 1. The lowest BCUT2D eigenvalue weighted by atomic mass is 9.93. The third-order valence-electron chi connectivity index (χ3n) is 4.77. The van der Waals surface area contributed by atoms with Gasteiger partial charge in [-0.15, -0.1) is 0 Å². The smallest absolute Gasteiger partial charge is 0.222 e. The number of aromatic nitrogens is 2. The summed E-state index contributed by atoms with van der Waals surface area (Å²) in [5.74, 6) is 0.848. The molecule has 1 fully saturated rings. The van der Waals surface area contributed by atoms with Gasteiger partial charge in [-0.25, -0.2) is 4.98 Å². The number of carbonyl (C=O) groups is 1. The van der Waals surface area contributed by atoms with Crippen molar-refractivity contribution in [2.24, 2.45) is 0 Å². The number of rotatable bonds is 7. The fourth-order valence-corrected chi connectivity index (χ4v) is 3.36. The van der Waals surface area contributed by atoms with Crippen molar-refractivity contribution in [1.82, 2.24) is 14.5 Å². The lowest BCUT2D eigenvalue weighted by Gasteiger charge is -2.39. The first-order valence-corrected chi connectivity index (χ1v) is 9.19. The van der Waals surface area contributed by atoms with Crippen LogP contribution in [0.5, 0.6) is 5.75 Å². The minimum absolute atomic E-state index is 0.0961. The van der Waals surface area contributed by atoms with Crippen molar-refractivity contribution in [1.29, 1.82) is 0 Å². The van der Waals surface area contributed by atoms with Gasteiger partial charge in [-0.05, 0) is 43.9 Å². The molecule has 1 atom stereocenters. The molecule has 0 radical (unpaired) electrons. The van der Waals surface area contributed by atoms with Crippen LogP contribution in [-0.4, -0.2) is 50.8 Å². The maximum absolute atomic E-state index is 12.5. The van der Waals surface area contributed by atoms with Crippen LogP contribution in [0, 0.1) is 6.92 Å². The maximum atomic E-state index is 12.5. The summed E-state index contributed by atoms with van der Waals surface area (Å²) in [5, 5.41) is 10.9. The topological polar surface area (TPSA) is 67.6 Å². The first kappa shape index (κ1) is 18.5. The van der Waals surface area contributed by atoms with Crippen molar-refractivity contribution in [3.05, 3.63) is 48.5 Å². The van der Waals surface area contributed by atoms with Crippen LogP contribution in [0.15, 0.2) is 43.0 Å². The van der Waals surface area contributed by atoms with Crippen molar-refractivity contribution in [2.45, 2.75) is 44.8 Å². The molecule has 1 aromatic heterocycles. The van der Waals surface area contributed by atoms with Gasteiger partial charge in [0, 0.05) is 31.9 Å². The Hall–Kier alpha value is -2.34. The van der Waals surface area contributed by atoms with E-state index in [-0.39, 0.29) is 12.5 Å². The molecular weight excluding hydrogens is 330 g/mol. The Balaban J connectivity index is 1.48. The monoisotopic (exact) mass is 357 g/mol. The van der Waals surface area contributed by atoms with Crippen molar-refractivity contribution in [3.8, 4) is 5.75 Å². The van der Waals surface area contributed by atoms with E-state index in [0.29, 0.717) is 25.9 Å². The van der Waals surface area contributed by atoms with Crippen LogP contribution in [0.1, 0.15) is 31.2 Å². The molecule has 0 unspecified atom stereocenters. The predicted octanol–water partition coefficient (Wildman–Crippen LogP) is 2.40. The number of piperidine rings is 1. The van der Waals surface area contributed by atoms with Gasteiger partial charge in [0.15, 0.2) is 0 Å². The molecule has 0 saturated carbocycles. The molecule has 0 spiro atoms. The molecule has 26 heavy (non-hydrogen) atoms. The van der Waals surface area contributed by atoms with Gasteiger partial charge in [-0.2, -0.15) is 0 Å². The quantitative estimate of drug-likeness (QED) is 0.826. The molecule has 0 bridgehead atoms. The predicted molar refractivity (Wildman–Crippen MR) is 98.9 cm³/mol. The summed E-state index contributed by atoms with van der Waals surface area (Å²) in [5.41, 5.74) is 0.134. The highest BCUT2D eigenvalue weighted by Gasteiger charge is 2.35. The number of nitrogens with zero attached hydrogens (tertiary/aromatic N) is 3. The van der Waals surface area contributed by atoms with E-state index in [1.54, 1.807) is 17.4 Å². The molecule has 3 rings (SSSR count). The Kier molecular flexibility index (Phi) is 5.93. The number of aliphatic hydroxyl groups is 1. The molecule has 0 aliphatic carbocycles. The fourth-order valence-electron chi connectivity index (χ4n) is 3.36. The largest absolute Gasteiger partial charge is 0.491 e. The molecule has 1 saturated heterocycles. The lowest BCUT2D eigenvalue weighted by molar-refractivity contribution is -0.140. The van der Waals surface area contributed by atoms with Gasteiger partial charge in [0.05, 0.1) is 12.9 Å². The van der Waals surface area contributed by atoms with Gasteiger partial charge in [-0.1, -0.05) is 12.1 Å². The SMILES string of the molecule is Cc1cccc(OC[C@@]2(O)CCCN(C(=O)CCCn3ccnc3)C2)c1. The summed E-state index contributed by atoms with van der Waals surface area (Å²) in [4.78, 5) is 18.3. The van der Waals surface area contributed by atoms with Crippen LogP contribution < -0.4 is 4.74 Å². The number of amides is 1. The highest BCUT2D eigenvalue weighted by atomic mass is 16.5. The zero-order chi connectivity index (χ0) is 18.4. The van der Waals surface area contributed by atoms with Gasteiger partial charge >= 0.3 is 0 Å². The second-order valence-electron chi connectivity index (χ2n) is 7.15. The van der Waals surface area contributed by atoms with E-state index in [1.165, 1.54) is 0 Å². The van der Waals surface area contributed by atoms with Crippen LogP contribution in [-0.2, 0) is 11.3 Å². The van der Waals surface area contributed by atoms with Crippen molar-refractivity contribution >= 4 is 5.91 Å². The average Bonchev–Trinajstić information content (AvgIpc) is 3.14. The Labute approximate surface area is 154 Å². The molecule has 1 N–H and O–H groups in total. The van der Waals surface area contributed by atoms with E-state index in [4.69, 9.17) is 4.74 Å². The van der Waals surface area contributed by atoms with Crippen LogP contribution in [0.3, 0.4) is 0 Å². The van der Waals surface area contributed by atoms with Crippen molar-refractivity contribution in [2.75, 3.05) is 19.7 Å². The number of hydrogen-bond donors (Lipinski definition) is 1. The average molecular weight is 357 g/mol. The zero-order valence-electron chi connectivity index (χ0n) is 15.3. The second-order valence-corrected chi connectivity index (χ2v) is 7.15. The van der Waals surface area contributed by atoms with Crippen LogP contribution >= 0.6 is 0 Å². The first-order valence-electron chi connectivity index (χ1n) is 9.19. The highest BCUT2D eigenvalue weighted by Crippen LogP contribution is 2.24. The van der Waals surface area contributed by atoms with Gasteiger partial charge < -0.3 is 19.3 Å². The molecule has 2 heterocycles. The summed E-state index contributed by atoms with van der Waals surface area (Å²) in [6.07, 6.45) is 8.08. The van der Waals surface area contributed by atoms with Crippen LogP contribution in [0.4, 0.5) is 0 Å². The third kappa shape index (κ3) is 5.08. The summed E-state index contributed by atoms with van der Waals surface area (Å²) < 4.78 is 7.76. The minimum atomic E-state index is -0.984. The van der Waals surface area contributed by atoms with E-state index < -0.39 is 5.60 Å². The van der Waals surface area contributed by atoms with E-state index >= 15 is 0 Å². The fraction of sp³-hybridized carbons (Fsp3) is 0.500. The van der Waals surface area contributed by atoms with Crippen molar-refractivity contribution in [3.63, 3.8) is 0 Å². The van der Waals surface area contributed by atoms with E-state index in [2.05, 4.69) is 4.98 Å². The number of ether oxygens (including phenoxy) is 1. The molecule has 6 heteroatoms. The zero-order valence-corrected chi connectivity index (χ0v) is 15.3. The van der Waals surface area contributed by atoms with Crippen LogP contribution in [0.2, 0.25) is 0 Å². The molecule has 1 aliphatic rings. The highest BCUT2D eigenvalue weighted by molar-refractivity contribution is 5.76. The normalized spacial score (nSPS) is 20.2. The molecule has 6 nitrogen and oxygen atoms in total. The summed E-state index contributed by atoms with van der Waals surface area (Å²) >= 11 is 0. The Morgan fingerprint density at radius 3 is 3.08 bits per heavy atom. The van der Waals surface area contributed by atoms with E-state index in [9.17, 15) is 9.90 Å². The number of β-amino-alcohol motifs (C(OH)–C–C–N with tert-alkyl or cyclic N) is 1.